The topological polar surface area (TPSA) is 49.8 Å². The van der Waals surface area contributed by atoms with Crippen LogP contribution >= 0.6 is 20.0 Å². The largest absolute Gasteiger partial charge is 0.326 e. The third-order valence-electron chi connectivity index (χ3n) is 5.15. The summed E-state index contributed by atoms with van der Waals surface area (Å²) < 4.78 is 15.4. The summed E-state index contributed by atoms with van der Waals surface area (Å²) in [7, 11) is -2.80. The van der Waals surface area contributed by atoms with E-state index < -0.39 is 8.25 Å². The van der Waals surface area contributed by atoms with Gasteiger partial charge in [0.25, 0.3) is 0 Å². The molecule has 0 aliphatic carbocycles. The Morgan fingerprint density at radius 3 is 2.53 bits per heavy atom. The van der Waals surface area contributed by atoms with Crippen molar-refractivity contribution in [3.63, 3.8) is 0 Å². The first kappa shape index (κ1) is 25.2. The highest BCUT2D eigenvalue weighted by molar-refractivity contribution is 7.99. The molecule has 0 heterocycles. The van der Waals surface area contributed by atoms with Gasteiger partial charge in [0.2, 0.25) is 0 Å². The van der Waals surface area contributed by atoms with E-state index in [0.717, 1.165) is 26.1 Å². The van der Waals surface area contributed by atoms with Gasteiger partial charge in [-0.1, -0.05) is 55.8 Å². The van der Waals surface area contributed by atoms with Gasteiger partial charge in [0.15, 0.2) is 0 Å². The summed E-state index contributed by atoms with van der Waals surface area (Å²) in [5.41, 5.74) is 4.10. The van der Waals surface area contributed by atoms with Gasteiger partial charge in [0, 0.05) is 18.0 Å². The molecule has 0 saturated heterocycles. The van der Waals surface area contributed by atoms with Gasteiger partial charge in [-0.2, -0.15) is 0 Å². The second-order valence-electron chi connectivity index (χ2n) is 7.58. The van der Waals surface area contributed by atoms with E-state index in [2.05, 4.69) is 67.3 Å². The highest BCUT2D eigenvalue weighted by Gasteiger charge is 2.07. The van der Waals surface area contributed by atoms with Crippen LogP contribution in [0.15, 0.2) is 53.4 Å². The molecule has 0 bridgehead atoms. The summed E-state index contributed by atoms with van der Waals surface area (Å²) in [5.74, 6) is 1.17. The fourth-order valence-corrected chi connectivity index (χ4v) is 4.80. The normalized spacial score (nSPS) is 12.4. The van der Waals surface area contributed by atoms with Crippen LogP contribution < -0.4 is 0 Å². The number of hydrogen-bond acceptors (Lipinski definition) is 4. The van der Waals surface area contributed by atoms with Crippen molar-refractivity contribution in [2.75, 3.05) is 25.4 Å². The van der Waals surface area contributed by atoms with Crippen molar-refractivity contribution in [2.45, 2.75) is 57.4 Å². The standard InChI is InChI=1S/C24H36NO3PS/c1-3-25(16-10-17-28-29(26)27)20-23-14-15-24(21(2)19-23)30-18-9-5-8-13-22-11-6-4-7-12-22/h4,6-7,11-12,14-15,19,29H,3,5,8-10,13,16-18,20H2,1-2H3,(H,26,27). The average Bonchev–Trinajstić information content (AvgIpc) is 2.74. The lowest BCUT2D eigenvalue weighted by Crippen LogP contribution is -2.24. The third-order valence-corrected chi connectivity index (χ3v) is 6.86. The Morgan fingerprint density at radius 2 is 1.83 bits per heavy atom. The number of hydrogen-bond donors (Lipinski definition) is 1. The molecule has 0 saturated carbocycles. The summed E-state index contributed by atoms with van der Waals surface area (Å²) in [4.78, 5) is 12.4. The van der Waals surface area contributed by atoms with E-state index in [1.54, 1.807) is 0 Å². The fourth-order valence-electron chi connectivity index (χ4n) is 3.46. The minimum Gasteiger partial charge on any atom is -0.326 e. The number of thioether (sulfide) groups is 1. The molecule has 166 valence electrons. The quantitative estimate of drug-likeness (QED) is 0.202. The SMILES string of the molecule is CCN(CCCO[PH](=O)O)Cc1ccc(SCCCCCc2ccccc2)c(C)c1. The first-order valence-corrected chi connectivity index (χ1v) is 13.2. The molecule has 4 nitrogen and oxygen atoms in total. The molecule has 0 fully saturated rings. The van der Waals surface area contributed by atoms with E-state index in [4.69, 9.17) is 9.42 Å². The minimum atomic E-state index is -2.80. The highest BCUT2D eigenvalue weighted by atomic mass is 32.2. The number of rotatable bonds is 15. The molecule has 6 heteroatoms. The molecule has 2 aromatic rings. The lowest BCUT2D eigenvalue weighted by Gasteiger charge is -2.21. The van der Waals surface area contributed by atoms with Crippen LogP contribution in [0.4, 0.5) is 0 Å². The van der Waals surface area contributed by atoms with Gasteiger partial charge in [0.1, 0.15) is 0 Å². The lowest BCUT2D eigenvalue weighted by molar-refractivity contribution is 0.227. The molecule has 0 amide bonds. The van der Waals surface area contributed by atoms with Crippen LogP contribution in [-0.2, 0) is 22.1 Å². The molecule has 0 radical (unpaired) electrons. The van der Waals surface area contributed by atoms with E-state index in [0.29, 0.717) is 6.61 Å². The molecule has 0 spiro atoms. The van der Waals surface area contributed by atoms with Crippen molar-refractivity contribution in [3.05, 3.63) is 65.2 Å². The summed E-state index contributed by atoms with van der Waals surface area (Å²) in [6.07, 6.45) is 5.74. The van der Waals surface area contributed by atoms with Gasteiger partial charge >= 0.3 is 8.25 Å². The predicted molar refractivity (Wildman–Crippen MR) is 129 cm³/mol. The summed E-state index contributed by atoms with van der Waals surface area (Å²) in [5, 5.41) is 0. The van der Waals surface area contributed by atoms with Crippen LogP contribution in [0.5, 0.6) is 0 Å². The number of aryl methyl sites for hydroxylation is 2. The van der Waals surface area contributed by atoms with Gasteiger partial charge in [0.05, 0.1) is 6.61 Å². The Labute approximate surface area is 187 Å². The Bertz CT molecular complexity index is 757. The van der Waals surface area contributed by atoms with Crippen molar-refractivity contribution in [2.24, 2.45) is 0 Å². The Morgan fingerprint density at radius 1 is 1.03 bits per heavy atom. The zero-order valence-electron chi connectivity index (χ0n) is 18.3. The van der Waals surface area contributed by atoms with Gasteiger partial charge in [-0.3, -0.25) is 9.46 Å². The molecule has 1 unspecified atom stereocenters. The van der Waals surface area contributed by atoms with E-state index in [-0.39, 0.29) is 0 Å². The molecule has 0 aromatic heterocycles. The van der Waals surface area contributed by atoms with Gasteiger partial charge in [-0.15, -0.1) is 11.8 Å². The second kappa shape index (κ2) is 14.8. The lowest BCUT2D eigenvalue weighted by atomic mass is 10.1. The molecule has 0 aliphatic rings. The molecule has 0 aliphatic heterocycles. The van der Waals surface area contributed by atoms with Crippen LogP contribution in [0.1, 0.15) is 49.3 Å². The zero-order valence-corrected chi connectivity index (χ0v) is 20.1. The van der Waals surface area contributed by atoms with Crippen molar-refractivity contribution < 1.29 is 14.0 Å². The summed E-state index contributed by atoms with van der Waals surface area (Å²) in [6.45, 7) is 7.40. The Balaban J connectivity index is 1.67. The molecule has 30 heavy (non-hydrogen) atoms. The van der Waals surface area contributed by atoms with Crippen LogP contribution in [0, 0.1) is 6.92 Å². The molecular weight excluding hydrogens is 413 g/mol. The van der Waals surface area contributed by atoms with E-state index in [1.807, 2.05) is 11.8 Å². The smallest absolute Gasteiger partial charge is 0.316 e. The molecule has 1 N–H and O–H groups in total. The highest BCUT2D eigenvalue weighted by Crippen LogP contribution is 2.25. The zero-order chi connectivity index (χ0) is 21.6. The third kappa shape index (κ3) is 10.3. The summed E-state index contributed by atoms with van der Waals surface area (Å²) in [6, 6.07) is 17.5. The van der Waals surface area contributed by atoms with Crippen molar-refractivity contribution in [1.82, 2.24) is 4.90 Å². The van der Waals surface area contributed by atoms with E-state index >= 15 is 0 Å². The maximum atomic E-state index is 10.6. The molecular formula is C24H36NO3PS. The van der Waals surface area contributed by atoms with Crippen molar-refractivity contribution >= 4 is 20.0 Å². The van der Waals surface area contributed by atoms with Crippen LogP contribution in [0.3, 0.4) is 0 Å². The number of benzene rings is 2. The fraction of sp³-hybridized carbons (Fsp3) is 0.500. The molecule has 2 rings (SSSR count). The number of nitrogens with zero attached hydrogens (tertiary/aromatic N) is 1. The Kier molecular flexibility index (Phi) is 12.4. The first-order valence-electron chi connectivity index (χ1n) is 10.9. The molecule has 2 aromatic carbocycles. The minimum absolute atomic E-state index is 0.338. The van der Waals surface area contributed by atoms with Gasteiger partial charge in [-0.25, -0.2) is 0 Å². The predicted octanol–water partition coefficient (Wildman–Crippen LogP) is 6.11. The summed E-state index contributed by atoms with van der Waals surface area (Å²) >= 11 is 1.97. The number of unbranched alkanes of at least 4 members (excludes halogenated alkanes) is 2. The average molecular weight is 450 g/mol. The van der Waals surface area contributed by atoms with Gasteiger partial charge < -0.3 is 9.42 Å². The van der Waals surface area contributed by atoms with Crippen LogP contribution in [0.25, 0.3) is 0 Å². The van der Waals surface area contributed by atoms with Gasteiger partial charge in [-0.05, 0) is 67.7 Å². The molecule has 1 atom stereocenters. The Hall–Kier alpha value is -1.10. The van der Waals surface area contributed by atoms with E-state index in [1.165, 1.54) is 53.0 Å². The van der Waals surface area contributed by atoms with Crippen molar-refractivity contribution in [3.8, 4) is 0 Å². The maximum Gasteiger partial charge on any atom is 0.316 e. The van der Waals surface area contributed by atoms with Crippen molar-refractivity contribution in [1.29, 1.82) is 0 Å². The monoisotopic (exact) mass is 449 g/mol. The maximum absolute atomic E-state index is 10.6. The first-order chi connectivity index (χ1) is 14.6. The van der Waals surface area contributed by atoms with E-state index in [9.17, 15) is 4.57 Å². The van der Waals surface area contributed by atoms with Crippen LogP contribution in [-0.4, -0.2) is 35.2 Å². The second-order valence-corrected chi connectivity index (χ2v) is 9.54. The van der Waals surface area contributed by atoms with Crippen LogP contribution in [0.2, 0.25) is 0 Å².